The fourth-order valence-corrected chi connectivity index (χ4v) is 5.92. The minimum atomic E-state index is -4.04. The number of carbonyl (C=O) groups is 1. The molecular formula is C22H23N3O4S. The van der Waals surface area contributed by atoms with Gasteiger partial charge in [-0.1, -0.05) is 12.5 Å². The average Bonchev–Trinajstić information content (AvgIpc) is 3.33. The van der Waals surface area contributed by atoms with E-state index in [-0.39, 0.29) is 4.90 Å². The van der Waals surface area contributed by atoms with E-state index in [4.69, 9.17) is 4.74 Å². The molecule has 1 N–H and O–H groups in total. The van der Waals surface area contributed by atoms with Gasteiger partial charge in [0, 0.05) is 11.8 Å². The van der Waals surface area contributed by atoms with Crippen LogP contribution in [-0.2, 0) is 21.2 Å². The summed E-state index contributed by atoms with van der Waals surface area (Å²) in [5, 5.41) is 4.06. The largest absolute Gasteiger partial charge is 0.496 e. The summed E-state index contributed by atoms with van der Waals surface area (Å²) in [5.74, 6) is 0.129. The van der Waals surface area contributed by atoms with Crippen LogP contribution in [-0.4, -0.2) is 31.0 Å². The number of ether oxygens (including phenoxy) is 1. The van der Waals surface area contributed by atoms with Crippen LogP contribution in [0.2, 0.25) is 0 Å². The van der Waals surface area contributed by atoms with Gasteiger partial charge in [-0.3, -0.25) is 4.79 Å². The Balaban J connectivity index is 1.48. The van der Waals surface area contributed by atoms with Crippen molar-refractivity contribution in [3.05, 3.63) is 59.4 Å². The van der Waals surface area contributed by atoms with Crippen molar-refractivity contribution in [3.8, 4) is 5.75 Å². The van der Waals surface area contributed by atoms with Crippen molar-refractivity contribution in [2.75, 3.05) is 7.11 Å². The summed E-state index contributed by atoms with van der Waals surface area (Å²) in [6.07, 6.45) is 8.08. The molecule has 7 nitrogen and oxygen atoms in total. The summed E-state index contributed by atoms with van der Waals surface area (Å²) < 4.78 is 35.3. The van der Waals surface area contributed by atoms with Crippen molar-refractivity contribution < 1.29 is 17.9 Å². The summed E-state index contributed by atoms with van der Waals surface area (Å²) in [6.45, 7) is 0. The van der Waals surface area contributed by atoms with Crippen LogP contribution in [0.1, 0.15) is 54.2 Å². The van der Waals surface area contributed by atoms with Gasteiger partial charge >= 0.3 is 0 Å². The third-order valence-corrected chi connectivity index (χ3v) is 7.78. The third kappa shape index (κ3) is 2.98. The molecule has 1 saturated carbocycles. The number of methoxy groups -OCH3 is 1. The molecule has 1 amide bonds. The summed E-state index contributed by atoms with van der Waals surface area (Å²) >= 11 is 0. The predicted octanol–water partition coefficient (Wildman–Crippen LogP) is 3.15. The number of hydrogen-bond acceptors (Lipinski definition) is 5. The quantitative estimate of drug-likeness (QED) is 0.678. The number of carbonyl (C=O) groups excluding carboxylic acids is 1. The Labute approximate surface area is 175 Å². The molecule has 8 heteroatoms. The average molecular weight is 426 g/mol. The van der Waals surface area contributed by atoms with Gasteiger partial charge in [0.2, 0.25) is 5.91 Å². The van der Waals surface area contributed by atoms with E-state index in [9.17, 15) is 13.2 Å². The predicted molar refractivity (Wildman–Crippen MR) is 111 cm³/mol. The lowest BCUT2D eigenvalue weighted by molar-refractivity contribution is -0.120. The highest BCUT2D eigenvalue weighted by molar-refractivity contribution is 7.90. The molecule has 0 bridgehead atoms. The molecule has 3 aromatic rings. The maximum Gasteiger partial charge on any atom is 0.266 e. The van der Waals surface area contributed by atoms with Crippen molar-refractivity contribution >= 4 is 21.4 Å². The molecule has 0 aliphatic heterocycles. The van der Waals surface area contributed by atoms with Crippen LogP contribution >= 0.6 is 0 Å². The van der Waals surface area contributed by atoms with E-state index in [0.717, 1.165) is 17.5 Å². The number of pyridine rings is 1. The van der Waals surface area contributed by atoms with Crippen molar-refractivity contribution in [2.45, 2.75) is 48.8 Å². The van der Waals surface area contributed by atoms with Crippen molar-refractivity contribution in [3.63, 3.8) is 0 Å². The van der Waals surface area contributed by atoms with E-state index in [1.165, 1.54) is 41.6 Å². The summed E-state index contributed by atoms with van der Waals surface area (Å²) in [4.78, 5) is 13.2. The standard InChI is InChI=1S/C22H23N3O4S/c1-29-19-10-9-15(14-4-2-5-14)16-7-8-17(21(16)19)22(26)24-30(27,28)20-6-3-13-25-18(20)11-12-23-25/h3,6,9-14,17H,2,4-5,7-8H2,1H3,(H,24,26)/t17-/m1/s1. The molecule has 0 unspecified atom stereocenters. The van der Waals surface area contributed by atoms with Crippen LogP contribution in [0, 0.1) is 0 Å². The molecular weight excluding hydrogens is 402 g/mol. The molecule has 0 saturated heterocycles. The van der Waals surface area contributed by atoms with E-state index >= 15 is 0 Å². The molecule has 1 fully saturated rings. The van der Waals surface area contributed by atoms with Crippen LogP contribution in [0.15, 0.2) is 47.6 Å². The lowest BCUT2D eigenvalue weighted by Gasteiger charge is -2.28. The first kappa shape index (κ1) is 19.1. The topological polar surface area (TPSA) is 89.8 Å². The second-order valence-electron chi connectivity index (χ2n) is 7.97. The van der Waals surface area contributed by atoms with Crippen LogP contribution in [0.5, 0.6) is 5.75 Å². The van der Waals surface area contributed by atoms with E-state index in [1.54, 1.807) is 25.4 Å². The smallest absolute Gasteiger partial charge is 0.266 e. The highest BCUT2D eigenvalue weighted by Gasteiger charge is 2.37. The molecule has 1 aromatic carbocycles. The lowest BCUT2D eigenvalue weighted by atomic mass is 9.77. The number of benzene rings is 1. The van der Waals surface area contributed by atoms with Crippen molar-refractivity contribution in [1.29, 1.82) is 0 Å². The molecule has 156 valence electrons. The second-order valence-corrected chi connectivity index (χ2v) is 9.62. The SMILES string of the molecule is COc1ccc(C2CCC2)c2c1[C@H](C(=O)NS(=O)(=O)c1cccn3nccc13)CC2. The van der Waals surface area contributed by atoms with Gasteiger partial charge in [0.25, 0.3) is 10.0 Å². The monoisotopic (exact) mass is 425 g/mol. The van der Waals surface area contributed by atoms with Gasteiger partial charge in [0.1, 0.15) is 10.6 Å². The normalized spacial score (nSPS) is 18.8. The highest BCUT2D eigenvalue weighted by atomic mass is 32.2. The van der Waals surface area contributed by atoms with Crippen molar-refractivity contribution in [2.24, 2.45) is 0 Å². The Morgan fingerprint density at radius 1 is 1.20 bits per heavy atom. The zero-order chi connectivity index (χ0) is 20.9. The number of sulfonamides is 1. The maximum atomic E-state index is 13.1. The zero-order valence-corrected chi connectivity index (χ0v) is 17.5. The fraction of sp³-hybridized carbons (Fsp3) is 0.364. The first-order valence-electron chi connectivity index (χ1n) is 10.2. The van der Waals surface area contributed by atoms with Gasteiger partial charge in [-0.2, -0.15) is 5.10 Å². The van der Waals surface area contributed by atoms with Crippen LogP contribution < -0.4 is 9.46 Å². The van der Waals surface area contributed by atoms with Gasteiger partial charge in [-0.15, -0.1) is 0 Å². The maximum absolute atomic E-state index is 13.1. The molecule has 1 atom stereocenters. The number of nitrogens with zero attached hydrogens (tertiary/aromatic N) is 2. The number of fused-ring (bicyclic) bond motifs is 2. The van der Waals surface area contributed by atoms with Gasteiger partial charge in [-0.05, 0) is 67.0 Å². The Kier molecular flexibility index (Phi) is 4.54. The first-order valence-corrected chi connectivity index (χ1v) is 11.7. The number of nitrogens with one attached hydrogen (secondary N) is 1. The Morgan fingerprint density at radius 2 is 2.03 bits per heavy atom. The van der Waals surface area contributed by atoms with Gasteiger partial charge in [0.05, 0.1) is 24.7 Å². The molecule has 2 aliphatic carbocycles. The molecule has 5 rings (SSSR count). The Bertz CT molecular complexity index is 1240. The Hall–Kier alpha value is -2.87. The van der Waals surface area contributed by atoms with Gasteiger partial charge in [0.15, 0.2) is 0 Å². The molecule has 2 aliphatic rings. The minimum absolute atomic E-state index is 0.0317. The van der Waals surface area contributed by atoms with Crippen LogP contribution in [0.4, 0.5) is 0 Å². The lowest BCUT2D eigenvalue weighted by Crippen LogP contribution is -2.34. The summed E-state index contributed by atoms with van der Waals surface area (Å²) in [5.41, 5.74) is 3.72. The van der Waals surface area contributed by atoms with Crippen LogP contribution in [0.3, 0.4) is 0 Å². The number of amides is 1. The zero-order valence-electron chi connectivity index (χ0n) is 16.7. The number of hydrogen-bond donors (Lipinski definition) is 1. The van der Waals surface area contributed by atoms with E-state index in [1.807, 2.05) is 6.07 Å². The number of rotatable bonds is 5. The fourth-order valence-electron chi connectivity index (χ4n) is 4.71. The molecule has 30 heavy (non-hydrogen) atoms. The Morgan fingerprint density at radius 3 is 2.77 bits per heavy atom. The van der Waals surface area contributed by atoms with Crippen LogP contribution in [0.25, 0.3) is 5.52 Å². The third-order valence-electron chi connectivity index (χ3n) is 6.39. The van der Waals surface area contributed by atoms with Crippen molar-refractivity contribution in [1.82, 2.24) is 14.3 Å². The van der Waals surface area contributed by atoms with Gasteiger partial charge in [-0.25, -0.2) is 17.7 Å². The molecule has 2 heterocycles. The molecule has 0 radical (unpaired) electrons. The molecule has 2 aromatic heterocycles. The minimum Gasteiger partial charge on any atom is -0.496 e. The number of aromatic nitrogens is 2. The van der Waals surface area contributed by atoms with Gasteiger partial charge < -0.3 is 4.74 Å². The van der Waals surface area contributed by atoms with E-state index < -0.39 is 21.8 Å². The highest BCUT2D eigenvalue weighted by Crippen LogP contribution is 2.47. The van der Waals surface area contributed by atoms with E-state index in [0.29, 0.717) is 23.6 Å². The summed E-state index contributed by atoms with van der Waals surface area (Å²) in [6, 6.07) is 8.71. The van der Waals surface area contributed by atoms with E-state index in [2.05, 4.69) is 15.9 Å². The molecule has 0 spiro atoms. The summed E-state index contributed by atoms with van der Waals surface area (Å²) in [7, 11) is -2.45. The second kappa shape index (κ2) is 7.12. The first-order chi connectivity index (χ1) is 14.5.